The third-order valence-electron chi connectivity index (χ3n) is 1.63. The lowest BCUT2D eigenvalue weighted by atomic mass is 10.2. The number of hydrogen-bond donors (Lipinski definition) is 0. The van der Waals surface area contributed by atoms with Gasteiger partial charge in [-0.2, -0.15) is 0 Å². The number of rotatable bonds is 2. The average Bonchev–Trinajstić information content (AvgIpc) is 2.05. The first-order chi connectivity index (χ1) is 4.84. The lowest BCUT2D eigenvalue weighted by Gasteiger charge is -2.00. The molecule has 10 heavy (non-hydrogen) atoms. The van der Waals surface area contributed by atoms with Gasteiger partial charge in [-0.05, 0) is 0 Å². The molecule has 1 heteroatoms. The van der Waals surface area contributed by atoms with Gasteiger partial charge in [-0.3, -0.25) is 0 Å². The molecule has 53 valence electrons. The van der Waals surface area contributed by atoms with E-state index in [1.807, 2.05) is 30.6 Å². The van der Waals surface area contributed by atoms with E-state index in [0.29, 0.717) is 6.04 Å². The van der Waals surface area contributed by atoms with E-state index in [-0.39, 0.29) is 0 Å². The van der Waals surface area contributed by atoms with E-state index in [0.717, 1.165) is 6.42 Å². The van der Waals surface area contributed by atoms with Gasteiger partial charge in [-0.15, -0.1) is 0 Å². The Morgan fingerprint density at radius 1 is 1.30 bits per heavy atom. The number of nitrogens with zero attached hydrogens (tertiary/aromatic N) is 1. The van der Waals surface area contributed by atoms with Crippen LogP contribution in [0.5, 0.6) is 0 Å². The minimum absolute atomic E-state index is 0.376. The van der Waals surface area contributed by atoms with Gasteiger partial charge in [0.15, 0.2) is 18.4 Å². The molecule has 1 atom stereocenters. The molecule has 0 bridgehead atoms. The van der Waals surface area contributed by atoms with E-state index < -0.39 is 0 Å². The molecule has 0 aliphatic carbocycles. The Bertz CT molecular complexity index is 181. The summed E-state index contributed by atoms with van der Waals surface area (Å²) in [5.74, 6) is 0. The van der Waals surface area contributed by atoms with Crippen molar-refractivity contribution in [2.75, 3.05) is 0 Å². The SMILES string of the molecule is [CH2]C(CC)[n+]1ccccc1. The smallest absolute Gasteiger partial charge is 0.169 e. The van der Waals surface area contributed by atoms with Crippen molar-refractivity contribution >= 4 is 0 Å². The summed E-state index contributed by atoms with van der Waals surface area (Å²) >= 11 is 0. The minimum atomic E-state index is 0.376. The molecule has 0 spiro atoms. The van der Waals surface area contributed by atoms with Gasteiger partial charge in [-0.25, -0.2) is 4.57 Å². The molecule has 0 N–H and O–H groups in total. The first kappa shape index (κ1) is 7.26. The van der Waals surface area contributed by atoms with Gasteiger partial charge in [0.1, 0.15) is 0 Å². The second-order valence-electron chi connectivity index (χ2n) is 2.38. The third-order valence-corrected chi connectivity index (χ3v) is 1.63. The molecule has 0 saturated carbocycles. The van der Waals surface area contributed by atoms with Crippen LogP contribution in [-0.4, -0.2) is 0 Å². The maximum atomic E-state index is 3.99. The summed E-state index contributed by atoms with van der Waals surface area (Å²) < 4.78 is 2.11. The Morgan fingerprint density at radius 3 is 2.40 bits per heavy atom. The highest BCUT2D eigenvalue weighted by molar-refractivity contribution is 4.84. The van der Waals surface area contributed by atoms with E-state index in [1.165, 1.54) is 0 Å². The monoisotopic (exact) mass is 135 g/mol. The van der Waals surface area contributed by atoms with Gasteiger partial charge in [0, 0.05) is 25.5 Å². The Morgan fingerprint density at radius 2 is 1.90 bits per heavy atom. The predicted octanol–water partition coefficient (Wildman–Crippen LogP) is 1.76. The van der Waals surface area contributed by atoms with Crippen molar-refractivity contribution < 1.29 is 4.57 Å². The zero-order valence-corrected chi connectivity index (χ0v) is 6.33. The molecule has 1 radical (unpaired) electrons. The standard InChI is InChI=1S/C9H13N/c1-3-9(2)10-7-5-4-6-8-10/h4-9H,2-3H2,1H3/q+1. The molecular weight excluding hydrogens is 122 g/mol. The van der Waals surface area contributed by atoms with Crippen LogP contribution in [-0.2, 0) is 0 Å². The van der Waals surface area contributed by atoms with Crippen LogP contribution in [0.3, 0.4) is 0 Å². The van der Waals surface area contributed by atoms with E-state index in [1.54, 1.807) is 0 Å². The zero-order valence-electron chi connectivity index (χ0n) is 6.33. The summed E-state index contributed by atoms with van der Waals surface area (Å²) in [6.45, 7) is 6.13. The molecule has 1 heterocycles. The second kappa shape index (κ2) is 3.35. The molecule has 0 aromatic carbocycles. The summed E-state index contributed by atoms with van der Waals surface area (Å²) in [6, 6.07) is 6.43. The average molecular weight is 135 g/mol. The van der Waals surface area contributed by atoms with E-state index in [4.69, 9.17) is 0 Å². The lowest BCUT2D eigenvalue weighted by molar-refractivity contribution is -0.713. The van der Waals surface area contributed by atoms with Crippen molar-refractivity contribution in [1.29, 1.82) is 0 Å². The number of hydrogen-bond acceptors (Lipinski definition) is 0. The van der Waals surface area contributed by atoms with Crippen LogP contribution in [0.15, 0.2) is 30.6 Å². The first-order valence-electron chi connectivity index (χ1n) is 3.63. The fraction of sp³-hybridized carbons (Fsp3) is 0.333. The van der Waals surface area contributed by atoms with Crippen molar-refractivity contribution in [3.05, 3.63) is 37.5 Å². The summed E-state index contributed by atoms with van der Waals surface area (Å²) in [5.41, 5.74) is 0. The maximum absolute atomic E-state index is 3.99. The van der Waals surface area contributed by atoms with Crippen LogP contribution >= 0.6 is 0 Å². The van der Waals surface area contributed by atoms with Gasteiger partial charge in [0.25, 0.3) is 0 Å². The predicted molar refractivity (Wildman–Crippen MR) is 41.3 cm³/mol. The molecule has 0 amide bonds. The van der Waals surface area contributed by atoms with Crippen LogP contribution in [0.1, 0.15) is 19.4 Å². The molecule has 0 fully saturated rings. The van der Waals surface area contributed by atoms with Crippen LogP contribution in [0.2, 0.25) is 0 Å². The highest BCUT2D eigenvalue weighted by Gasteiger charge is 2.06. The van der Waals surface area contributed by atoms with Crippen molar-refractivity contribution in [1.82, 2.24) is 0 Å². The van der Waals surface area contributed by atoms with Crippen molar-refractivity contribution in [3.63, 3.8) is 0 Å². The Balaban J connectivity index is 2.75. The van der Waals surface area contributed by atoms with E-state index >= 15 is 0 Å². The third kappa shape index (κ3) is 1.56. The molecular formula is C9H13N+. The fourth-order valence-corrected chi connectivity index (χ4v) is 0.866. The van der Waals surface area contributed by atoms with E-state index in [2.05, 4.69) is 18.4 Å². The van der Waals surface area contributed by atoms with Gasteiger partial charge < -0.3 is 0 Å². The topological polar surface area (TPSA) is 3.88 Å². The molecule has 0 saturated heterocycles. The molecule has 1 unspecified atom stereocenters. The molecule has 1 aromatic heterocycles. The molecule has 0 aliphatic heterocycles. The van der Waals surface area contributed by atoms with Gasteiger partial charge in [-0.1, -0.05) is 13.0 Å². The highest BCUT2D eigenvalue weighted by atomic mass is 15.0. The summed E-state index contributed by atoms with van der Waals surface area (Å²) in [6.07, 6.45) is 5.16. The quantitative estimate of drug-likeness (QED) is 0.544. The second-order valence-corrected chi connectivity index (χ2v) is 2.38. The van der Waals surface area contributed by atoms with Crippen molar-refractivity contribution in [2.24, 2.45) is 0 Å². The molecule has 1 nitrogen and oxygen atoms in total. The van der Waals surface area contributed by atoms with Crippen LogP contribution in [0.4, 0.5) is 0 Å². The Labute approximate surface area is 62.3 Å². The Hall–Kier alpha value is -0.850. The first-order valence-corrected chi connectivity index (χ1v) is 3.63. The minimum Gasteiger partial charge on any atom is -0.202 e. The van der Waals surface area contributed by atoms with Crippen molar-refractivity contribution in [2.45, 2.75) is 19.4 Å². The fourth-order valence-electron chi connectivity index (χ4n) is 0.866. The largest absolute Gasteiger partial charge is 0.202 e. The van der Waals surface area contributed by atoms with E-state index in [9.17, 15) is 0 Å². The summed E-state index contributed by atoms with van der Waals surface area (Å²) in [5, 5.41) is 0. The van der Waals surface area contributed by atoms with Gasteiger partial charge in [0.05, 0.1) is 0 Å². The summed E-state index contributed by atoms with van der Waals surface area (Å²) in [4.78, 5) is 0. The number of pyridine rings is 1. The molecule has 1 rings (SSSR count). The highest BCUT2D eigenvalue weighted by Crippen LogP contribution is 1.96. The van der Waals surface area contributed by atoms with Crippen molar-refractivity contribution in [3.8, 4) is 0 Å². The Kier molecular flexibility index (Phi) is 2.43. The van der Waals surface area contributed by atoms with Gasteiger partial charge >= 0.3 is 0 Å². The maximum Gasteiger partial charge on any atom is 0.169 e. The van der Waals surface area contributed by atoms with Gasteiger partial charge in [0.2, 0.25) is 0 Å². The van der Waals surface area contributed by atoms with Crippen LogP contribution in [0.25, 0.3) is 0 Å². The summed E-state index contributed by atoms with van der Waals surface area (Å²) in [7, 11) is 0. The van der Waals surface area contributed by atoms with Crippen LogP contribution < -0.4 is 4.57 Å². The van der Waals surface area contributed by atoms with Crippen LogP contribution in [0, 0.1) is 6.92 Å². The zero-order chi connectivity index (χ0) is 7.40. The lowest BCUT2D eigenvalue weighted by Crippen LogP contribution is -2.36. The molecule has 1 aromatic rings. The molecule has 0 aliphatic rings. The normalized spacial score (nSPS) is 13.0. The number of aromatic nitrogens is 1.